The zero-order valence-electron chi connectivity index (χ0n) is 14.7. The Hall–Kier alpha value is -3.18. The zero-order chi connectivity index (χ0) is 19.1. The van der Waals surface area contributed by atoms with E-state index in [4.69, 9.17) is 21.1 Å². The average Bonchev–Trinajstić information content (AvgIpc) is 2.69. The highest BCUT2D eigenvalue weighted by Gasteiger charge is 2.05. The molecule has 0 aliphatic carbocycles. The predicted molar refractivity (Wildman–Crippen MR) is 108 cm³/mol. The van der Waals surface area contributed by atoms with Crippen molar-refractivity contribution >= 4 is 34.6 Å². The molecular weight excluding hydrogens is 364 g/mol. The Balaban J connectivity index is 1.53. The van der Waals surface area contributed by atoms with Crippen LogP contribution in [-0.4, -0.2) is 19.6 Å². The molecule has 0 saturated carbocycles. The number of halogens is 1. The first-order valence-electron chi connectivity index (χ1n) is 8.32. The Morgan fingerprint density at radius 1 is 0.926 bits per heavy atom. The normalized spacial score (nSPS) is 10.1. The van der Waals surface area contributed by atoms with E-state index in [9.17, 15) is 4.79 Å². The summed E-state index contributed by atoms with van der Waals surface area (Å²) in [6.07, 6.45) is 0. The Bertz CT molecular complexity index is 899. The van der Waals surface area contributed by atoms with E-state index in [1.54, 1.807) is 31.4 Å². The summed E-state index contributed by atoms with van der Waals surface area (Å²) in [4.78, 5) is 12.0. The van der Waals surface area contributed by atoms with Gasteiger partial charge in [0.1, 0.15) is 11.5 Å². The van der Waals surface area contributed by atoms with E-state index < -0.39 is 0 Å². The molecule has 0 heterocycles. The molecule has 5 nitrogen and oxygen atoms in total. The minimum atomic E-state index is -0.221. The maximum Gasteiger partial charge on any atom is 0.262 e. The van der Waals surface area contributed by atoms with Crippen molar-refractivity contribution in [2.45, 2.75) is 0 Å². The SMILES string of the molecule is COc1ccc(Nc2ccc(NC(=O)COc3ccccc3)cc2)cc1Cl. The van der Waals surface area contributed by atoms with E-state index in [2.05, 4.69) is 10.6 Å². The summed E-state index contributed by atoms with van der Waals surface area (Å²) in [7, 11) is 1.58. The van der Waals surface area contributed by atoms with Gasteiger partial charge in [0.05, 0.1) is 12.1 Å². The summed E-state index contributed by atoms with van der Waals surface area (Å²) >= 11 is 6.13. The Morgan fingerprint density at radius 2 is 1.59 bits per heavy atom. The van der Waals surface area contributed by atoms with Crippen molar-refractivity contribution in [2.24, 2.45) is 0 Å². The van der Waals surface area contributed by atoms with E-state index in [0.717, 1.165) is 11.4 Å². The molecular formula is C21H19ClN2O3. The molecule has 0 bridgehead atoms. The number of rotatable bonds is 7. The Labute approximate surface area is 162 Å². The molecule has 138 valence electrons. The fourth-order valence-electron chi connectivity index (χ4n) is 2.41. The first-order valence-corrected chi connectivity index (χ1v) is 8.70. The maximum absolute atomic E-state index is 12.0. The first-order chi connectivity index (χ1) is 13.1. The second-order valence-corrected chi connectivity index (χ2v) is 6.11. The third-order valence-electron chi connectivity index (χ3n) is 3.72. The number of carbonyl (C=O) groups is 1. The molecule has 0 spiro atoms. The van der Waals surface area contributed by atoms with Crippen LogP contribution in [0.5, 0.6) is 11.5 Å². The minimum absolute atomic E-state index is 0.0473. The third-order valence-corrected chi connectivity index (χ3v) is 4.02. The number of carbonyl (C=O) groups excluding carboxylic acids is 1. The van der Waals surface area contributed by atoms with Crippen molar-refractivity contribution in [1.82, 2.24) is 0 Å². The zero-order valence-corrected chi connectivity index (χ0v) is 15.5. The summed E-state index contributed by atoms with van der Waals surface area (Å²) < 4.78 is 10.6. The van der Waals surface area contributed by atoms with E-state index in [1.165, 1.54) is 0 Å². The highest BCUT2D eigenvalue weighted by atomic mass is 35.5. The number of methoxy groups -OCH3 is 1. The molecule has 1 amide bonds. The van der Waals surface area contributed by atoms with Crippen LogP contribution in [0.25, 0.3) is 0 Å². The van der Waals surface area contributed by atoms with Gasteiger partial charge in [0.25, 0.3) is 5.91 Å². The molecule has 3 aromatic carbocycles. The maximum atomic E-state index is 12.0. The molecule has 0 fully saturated rings. The molecule has 27 heavy (non-hydrogen) atoms. The van der Waals surface area contributed by atoms with Crippen molar-refractivity contribution in [3.63, 3.8) is 0 Å². The number of anilines is 3. The number of para-hydroxylation sites is 1. The molecule has 0 aliphatic heterocycles. The quantitative estimate of drug-likeness (QED) is 0.596. The first kappa shape index (κ1) is 18.6. The van der Waals surface area contributed by atoms with Gasteiger partial charge in [-0.3, -0.25) is 4.79 Å². The van der Waals surface area contributed by atoms with Crippen LogP contribution in [0.1, 0.15) is 0 Å². The topological polar surface area (TPSA) is 59.6 Å². The second kappa shape index (κ2) is 8.96. The highest BCUT2D eigenvalue weighted by Crippen LogP contribution is 2.29. The average molecular weight is 383 g/mol. The fourth-order valence-corrected chi connectivity index (χ4v) is 2.67. The summed E-state index contributed by atoms with van der Waals surface area (Å²) in [5.74, 6) is 1.06. The second-order valence-electron chi connectivity index (χ2n) is 5.70. The fraction of sp³-hybridized carbons (Fsp3) is 0.0952. The molecule has 3 aromatic rings. The van der Waals surface area contributed by atoms with Gasteiger partial charge in [0, 0.05) is 17.1 Å². The molecule has 6 heteroatoms. The van der Waals surface area contributed by atoms with Gasteiger partial charge >= 0.3 is 0 Å². The number of benzene rings is 3. The minimum Gasteiger partial charge on any atom is -0.495 e. The molecule has 0 saturated heterocycles. The van der Waals surface area contributed by atoms with Gasteiger partial charge in [0.2, 0.25) is 0 Å². The molecule has 0 unspecified atom stereocenters. The van der Waals surface area contributed by atoms with Crippen molar-refractivity contribution in [1.29, 1.82) is 0 Å². The van der Waals surface area contributed by atoms with E-state index in [1.807, 2.05) is 48.5 Å². The van der Waals surface area contributed by atoms with Crippen molar-refractivity contribution in [3.05, 3.63) is 77.8 Å². The standard InChI is InChI=1S/C21H19ClN2O3/c1-26-20-12-11-17(13-19(20)22)23-15-7-9-16(10-8-15)24-21(25)14-27-18-5-3-2-4-6-18/h2-13,23H,14H2,1H3,(H,24,25). The van der Waals surface area contributed by atoms with Crippen LogP contribution in [0.2, 0.25) is 5.02 Å². The number of hydrogen-bond donors (Lipinski definition) is 2. The molecule has 0 atom stereocenters. The van der Waals surface area contributed by atoms with Crippen molar-refractivity contribution in [3.8, 4) is 11.5 Å². The summed E-state index contributed by atoms with van der Waals surface area (Å²) in [5, 5.41) is 6.58. The van der Waals surface area contributed by atoms with Gasteiger partial charge in [-0.1, -0.05) is 29.8 Å². The third kappa shape index (κ3) is 5.39. The van der Waals surface area contributed by atoms with Gasteiger partial charge in [-0.05, 0) is 54.6 Å². The van der Waals surface area contributed by atoms with E-state index in [-0.39, 0.29) is 12.5 Å². The smallest absolute Gasteiger partial charge is 0.262 e. The lowest BCUT2D eigenvalue weighted by atomic mass is 10.2. The van der Waals surface area contributed by atoms with Crippen LogP contribution < -0.4 is 20.1 Å². The van der Waals surface area contributed by atoms with Crippen LogP contribution in [0, 0.1) is 0 Å². The van der Waals surface area contributed by atoms with Gasteiger partial charge in [-0.15, -0.1) is 0 Å². The number of hydrogen-bond acceptors (Lipinski definition) is 4. The van der Waals surface area contributed by atoms with Crippen molar-refractivity contribution < 1.29 is 14.3 Å². The number of ether oxygens (including phenoxy) is 2. The summed E-state index contributed by atoms with van der Waals surface area (Å²) in [6, 6.07) is 22.0. The molecule has 3 rings (SSSR count). The van der Waals surface area contributed by atoms with Crippen molar-refractivity contribution in [2.75, 3.05) is 24.4 Å². The van der Waals surface area contributed by atoms with Gasteiger partial charge in [0.15, 0.2) is 6.61 Å². The summed E-state index contributed by atoms with van der Waals surface area (Å²) in [6.45, 7) is -0.0473. The van der Waals surface area contributed by atoms with Crippen LogP contribution in [-0.2, 0) is 4.79 Å². The summed E-state index contributed by atoms with van der Waals surface area (Å²) in [5.41, 5.74) is 2.40. The van der Waals surface area contributed by atoms with E-state index in [0.29, 0.717) is 22.2 Å². The van der Waals surface area contributed by atoms with Crippen LogP contribution >= 0.6 is 11.6 Å². The number of nitrogens with one attached hydrogen (secondary N) is 2. The lowest BCUT2D eigenvalue weighted by Gasteiger charge is -2.11. The largest absolute Gasteiger partial charge is 0.495 e. The molecule has 2 N–H and O–H groups in total. The van der Waals surface area contributed by atoms with Crippen LogP contribution in [0.4, 0.5) is 17.1 Å². The van der Waals surface area contributed by atoms with Crippen LogP contribution in [0.15, 0.2) is 72.8 Å². The predicted octanol–water partition coefficient (Wildman–Crippen LogP) is 5.11. The lowest BCUT2D eigenvalue weighted by molar-refractivity contribution is -0.118. The molecule has 0 radical (unpaired) electrons. The molecule has 0 aromatic heterocycles. The molecule has 0 aliphatic rings. The highest BCUT2D eigenvalue weighted by molar-refractivity contribution is 6.32. The van der Waals surface area contributed by atoms with Gasteiger partial charge in [-0.25, -0.2) is 0 Å². The van der Waals surface area contributed by atoms with Gasteiger partial charge < -0.3 is 20.1 Å². The van der Waals surface area contributed by atoms with Gasteiger partial charge in [-0.2, -0.15) is 0 Å². The van der Waals surface area contributed by atoms with Crippen LogP contribution in [0.3, 0.4) is 0 Å². The lowest BCUT2D eigenvalue weighted by Crippen LogP contribution is -2.20. The monoisotopic (exact) mass is 382 g/mol. The number of amides is 1. The van der Waals surface area contributed by atoms with E-state index >= 15 is 0 Å². The Kier molecular flexibility index (Phi) is 6.18. The Morgan fingerprint density at radius 3 is 2.26 bits per heavy atom.